The minimum atomic E-state index is -5.01. The minimum Gasteiger partial charge on any atom is -0.478 e. The lowest BCUT2D eigenvalue weighted by molar-refractivity contribution is -0.161. The Morgan fingerprint density at radius 1 is 1.52 bits per heavy atom. The first-order chi connectivity index (χ1) is 13.3. The number of carbonyl (C=O) groups excluding carboxylic acids is 2. The molecule has 1 aromatic rings. The predicted octanol–water partition coefficient (Wildman–Crippen LogP) is -1.22. The summed E-state index contributed by atoms with van der Waals surface area (Å²) in [6, 6.07) is -3.29. The van der Waals surface area contributed by atoms with Gasteiger partial charge in [-0.3, -0.25) is 14.1 Å². The van der Waals surface area contributed by atoms with Crippen molar-refractivity contribution in [1.29, 1.82) is 0 Å². The monoisotopic (exact) mass is 453 g/mol. The third-order valence-corrected chi connectivity index (χ3v) is 5.34. The fourth-order valence-electron chi connectivity index (χ4n) is 2.12. The number of anilines is 1. The maximum atomic E-state index is 13.1. The van der Waals surface area contributed by atoms with Gasteiger partial charge in [-0.15, -0.1) is 11.3 Å². The summed E-state index contributed by atoms with van der Waals surface area (Å²) in [5.74, 6) is -3.80. The van der Waals surface area contributed by atoms with Gasteiger partial charge in [0.15, 0.2) is 10.8 Å². The molecule has 13 nitrogen and oxygen atoms in total. The van der Waals surface area contributed by atoms with Crippen LogP contribution in [-0.4, -0.2) is 75.2 Å². The Kier molecular flexibility index (Phi) is 6.10. The molecule has 1 aliphatic heterocycles. The van der Waals surface area contributed by atoms with Crippen LogP contribution in [0.25, 0.3) is 0 Å². The van der Waals surface area contributed by atoms with Crippen LogP contribution in [0.3, 0.4) is 0 Å². The third-order valence-electron chi connectivity index (χ3n) is 3.72. The maximum Gasteiger partial charge on any atom is 0.362 e. The Bertz CT molecular complexity index is 976. The molecule has 1 aromatic heterocycles. The number of hydrogen-bond donors (Lipinski definition) is 4. The summed E-state index contributed by atoms with van der Waals surface area (Å²) >= 11 is 0.924. The molecule has 0 aromatic carbocycles. The van der Waals surface area contributed by atoms with Crippen LogP contribution in [0.2, 0.25) is 0 Å². The van der Waals surface area contributed by atoms with Crippen LogP contribution in [0, 0.1) is 0 Å². The van der Waals surface area contributed by atoms with Crippen molar-refractivity contribution in [1.82, 2.24) is 14.6 Å². The molecule has 1 aliphatic rings. The summed E-state index contributed by atoms with van der Waals surface area (Å²) in [6.07, 6.45) is 0. The van der Waals surface area contributed by atoms with Gasteiger partial charge in [0.2, 0.25) is 5.60 Å². The molecule has 160 valence electrons. The number of oxime groups is 1. The lowest BCUT2D eigenvalue weighted by Crippen LogP contribution is -2.73. The summed E-state index contributed by atoms with van der Waals surface area (Å²) < 4.78 is 44.2. The second-order valence-corrected chi connectivity index (χ2v) is 8.38. The summed E-state index contributed by atoms with van der Waals surface area (Å²) in [4.78, 5) is 44.3. The zero-order chi connectivity index (χ0) is 22.1. The lowest BCUT2D eigenvalue weighted by atomic mass is 10.00. The number of nitrogens with two attached hydrogens (primary N) is 1. The molecule has 2 heterocycles. The zero-order valence-corrected chi connectivity index (χ0v) is 16.5. The number of carboxylic acid groups (broad SMARTS) is 1. The van der Waals surface area contributed by atoms with Crippen molar-refractivity contribution in [2.75, 3.05) is 12.4 Å². The SMILES string of the molecule is CC(C)(ON=C(C(=O)NC1C(=O)N(S(=O)(=O)O)C1CF)c1csc(N)n1)C(=O)O. The highest BCUT2D eigenvalue weighted by Crippen LogP contribution is 2.24. The van der Waals surface area contributed by atoms with Gasteiger partial charge in [0.05, 0.1) is 0 Å². The highest BCUT2D eigenvalue weighted by atomic mass is 32.2. The van der Waals surface area contributed by atoms with Crippen molar-refractivity contribution in [2.24, 2.45) is 5.16 Å². The van der Waals surface area contributed by atoms with Gasteiger partial charge < -0.3 is 21.0 Å². The van der Waals surface area contributed by atoms with E-state index in [1.54, 1.807) is 0 Å². The normalized spacial score (nSPS) is 20.2. The molecule has 0 spiro atoms. The van der Waals surface area contributed by atoms with E-state index in [4.69, 9.17) is 20.2 Å². The van der Waals surface area contributed by atoms with Gasteiger partial charge in [0.25, 0.3) is 11.8 Å². The molecule has 5 N–H and O–H groups in total. The summed E-state index contributed by atoms with van der Waals surface area (Å²) in [6.45, 7) is 0.930. The quantitative estimate of drug-likeness (QED) is 0.160. The Morgan fingerprint density at radius 3 is 2.59 bits per heavy atom. The topological polar surface area (TPSA) is 202 Å². The first-order valence-corrected chi connectivity index (χ1v) is 9.95. The van der Waals surface area contributed by atoms with E-state index >= 15 is 0 Å². The number of β-lactam (4-membered cyclic amide) rings is 1. The van der Waals surface area contributed by atoms with Crippen LogP contribution in [0.5, 0.6) is 0 Å². The molecule has 2 amide bonds. The summed E-state index contributed by atoms with van der Waals surface area (Å²) in [7, 11) is -5.01. The number of nitrogens with zero attached hydrogens (tertiary/aromatic N) is 3. The van der Waals surface area contributed by atoms with Gasteiger partial charge in [-0.2, -0.15) is 8.42 Å². The summed E-state index contributed by atoms with van der Waals surface area (Å²) in [5.41, 5.74) is 2.96. The van der Waals surface area contributed by atoms with E-state index in [9.17, 15) is 27.2 Å². The van der Waals surface area contributed by atoms with E-state index in [-0.39, 0.29) is 15.1 Å². The molecule has 1 saturated heterocycles. The number of nitrogens with one attached hydrogen (secondary N) is 1. The molecule has 0 saturated carbocycles. The number of alkyl halides is 1. The molecule has 2 rings (SSSR count). The number of thiazole rings is 1. The Morgan fingerprint density at radius 2 is 2.14 bits per heavy atom. The molecule has 1 fully saturated rings. The molecule has 2 unspecified atom stereocenters. The molecular formula is C13H16FN5O8S2. The standard InChI is InChI=1S/C13H16FN5O8S2/c1-13(2,11(22)23)27-18-7(5-4-28-12(15)16-5)9(20)17-8-6(3-14)19(10(8)21)29(24,25)26/h4,6,8H,3H2,1-2H3,(H2,15,16)(H,17,20)(H,22,23)(H,24,25,26). The van der Waals surface area contributed by atoms with Gasteiger partial charge in [-0.1, -0.05) is 5.16 Å². The fourth-order valence-corrected chi connectivity index (χ4v) is 3.53. The minimum absolute atomic E-state index is 0.0388. The van der Waals surface area contributed by atoms with E-state index < -0.39 is 58.2 Å². The summed E-state index contributed by atoms with van der Waals surface area (Å²) in [5, 5.41) is 15.9. The van der Waals surface area contributed by atoms with E-state index in [1.807, 2.05) is 0 Å². The van der Waals surface area contributed by atoms with Crippen LogP contribution in [0.4, 0.5) is 9.52 Å². The first-order valence-electron chi connectivity index (χ1n) is 7.68. The van der Waals surface area contributed by atoms with Gasteiger partial charge >= 0.3 is 16.3 Å². The molecule has 0 bridgehead atoms. The number of nitrogen functional groups attached to an aromatic ring is 1. The van der Waals surface area contributed by atoms with Crippen LogP contribution < -0.4 is 11.1 Å². The van der Waals surface area contributed by atoms with Crippen molar-refractivity contribution in [3.63, 3.8) is 0 Å². The molecule has 29 heavy (non-hydrogen) atoms. The van der Waals surface area contributed by atoms with Crippen LogP contribution >= 0.6 is 11.3 Å². The lowest BCUT2D eigenvalue weighted by Gasteiger charge is -2.42. The number of rotatable bonds is 8. The fraction of sp³-hybridized carbons (Fsp3) is 0.462. The average Bonchev–Trinajstić information content (AvgIpc) is 3.01. The van der Waals surface area contributed by atoms with Gasteiger partial charge in [0, 0.05) is 5.38 Å². The molecule has 16 heteroatoms. The van der Waals surface area contributed by atoms with Crippen LogP contribution in [0.15, 0.2) is 10.5 Å². The van der Waals surface area contributed by atoms with E-state index in [0.717, 1.165) is 25.2 Å². The predicted molar refractivity (Wildman–Crippen MR) is 96.0 cm³/mol. The van der Waals surface area contributed by atoms with Crippen molar-refractivity contribution in [3.05, 3.63) is 11.1 Å². The third kappa shape index (κ3) is 4.60. The molecule has 2 atom stereocenters. The first kappa shape index (κ1) is 22.4. The smallest absolute Gasteiger partial charge is 0.362 e. The number of carbonyl (C=O) groups is 3. The Hall–Kier alpha value is -2.85. The second kappa shape index (κ2) is 7.88. The van der Waals surface area contributed by atoms with Crippen molar-refractivity contribution >= 4 is 50.3 Å². The second-order valence-electron chi connectivity index (χ2n) is 6.20. The average molecular weight is 453 g/mol. The van der Waals surface area contributed by atoms with Gasteiger partial charge in [0.1, 0.15) is 24.5 Å². The van der Waals surface area contributed by atoms with E-state index in [2.05, 4.69) is 15.5 Å². The number of amides is 2. The van der Waals surface area contributed by atoms with Crippen molar-refractivity contribution < 1.29 is 41.7 Å². The molecular weight excluding hydrogens is 437 g/mol. The number of aromatic nitrogens is 1. The number of halogens is 1. The highest BCUT2D eigenvalue weighted by Gasteiger charge is 2.54. The van der Waals surface area contributed by atoms with Crippen molar-refractivity contribution in [3.8, 4) is 0 Å². The Balaban J connectivity index is 2.29. The number of aliphatic carboxylic acids is 1. The number of carboxylic acids is 1. The Labute approximate surface area is 167 Å². The highest BCUT2D eigenvalue weighted by molar-refractivity contribution is 7.84. The zero-order valence-electron chi connectivity index (χ0n) is 14.9. The maximum absolute atomic E-state index is 13.1. The van der Waals surface area contributed by atoms with Crippen LogP contribution in [0.1, 0.15) is 19.5 Å². The van der Waals surface area contributed by atoms with E-state index in [1.165, 1.54) is 5.38 Å². The van der Waals surface area contributed by atoms with Crippen LogP contribution in [-0.2, 0) is 29.5 Å². The van der Waals surface area contributed by atoms with Gasteiger partial charge in [-0.25, -0.2) is 18.5 Å². The van der Waals surface area contributed by atoms with E-state index in [0.29, 0.717) is 0 Å². The largest absolute Gasteiger partial charge is 0.478 e. The molecule has 0 radical (unpaired) electrons. The molecule has 0 aliphatic carbocycles. The van der Waals surface area contributed by atoms with Gasteiger partial charge in [-0.05, 0) is 13.8 Å². The van der Waals surface area contributed by atoms with Crippen molar-refractivity contribution in [2.45, 2.75) is 31.5 Å². The number of hydrogen-bond acceptors (Lipinski definition) is 10.